The fraction of sp³-hybridized carbons (Fsp3) is 0.200. The van der Waals surface area contributed by atoms with E-state index < -0.39 is 6.10 Å². The van der Waals surface area contributed by atoms with Crippen molar-refractivity contribution in [2.24, 2.45) is 0 Å². The molecule has 0 radical (unpaired) electrons. The Hall–Kier alpha value is -1.03. The SMILES string of the molecule is COc1ccc(C(O)Cc2ccc(Cl)cc2)c(Br)c1. The van der Waals surface area contributed by atoms with E-state index in [4.69, 9.17) is 16.3 Å². The quantitative estimate of drug-likeness (QED) is 0.894. The molecule has 0 bridgehead atoms. The number of hydrogen-bond donors (Lipinski definition) is 1. The average Bonchev–Trinajstić information content (AvgIpc) is 2.41. The van der Waals surface area contributed by atoms with Crippen molar-refractivity contribution in [3.05, 3.63) is 63.1 Å². The van der Waals surface area contributed by atoms with Crippen LogP contribution in [0.3, 0.4) is 0 Å². The Morgan fingerprint density at radius 1 is 1.21 bits per heavy atom. The summed E-state index contributed by atoms with van der Waals surface area (Å²) in [6.45, 7) is 0. The van der Waals surface area contributed by atoms with Gasteiger partial charge in [-0.15, -0.1) is 0 Å². The van der Waals surface area contributed by atoms with E-state index in [0.717, 1.165) is 21.3 Å². The van der Waals surface area contributed by atoms with Gasteiger partial charge in [-0.2, -0.15) is 0 Å². The summed E-state index contributed by atoms with van der Waals surface area (Å²) >= 11 is 9.29. The molecular weight excluding hydrogens is 328 g/mol. The average molecular weight is 342 g/mol. The van der Waals surface area contributed by atoms with Gasteiger partial charge in [-0.3, -0.25) is 0 Å². The maximum absolute atomic E-state index is 10.3. The van der Waals surface area contributed by atoms with Crippen LogP contribution < -0.4 is 4.74 Å². The van der Waals surface area contributed by atoms with Crippen molar-refractivity contribution in [3.8, 4) is 5.75 Å². The van der Waals surface area contributed by atoms with Crippen molar-refractivity contribution >= 4 is 27.5 Å². The molecule has 0 saturated carbocycles. The van der Waals surface area contributed by atoms with E-state index in [9.17, 15) is 5.11 Å². The van der Waals surface area contributed by atoms with Gasteiger partial charge >= 0.3 is 0 Å². The lowest BCUT2D eigenvalue weighted by Gasteiger charge is -2.14. The Bertz CT molecular complexity index is 555. The number of aliphatic hydroxyl groups is 1. The number of benzene rings is 2. The van der Waals surface area contributed by atoms with Gasteiger partial charge in [-0.1, -0.05) is 45.7 Å². The van der Waals surface area contributed by atoms with Crippen molar-refractivity contribution < 1.29 is 9.84 Å². The predicted molar refractivity (Wildman–Crippen MR) is 80.8 cm³/mol. The first-order chi connectivity index (χ1) is 9.10. The predicted octanol–water partition coefficient (Wildman–Crippen LogP) is 4.39. The van der Waals surface area contributed by atoms with E-state index in [2.05, 4.69) is 15.9 Å². The highest BCUT2D eigenvalue weighted by atomic mass is 79.9. The molecule has 0 amide bonds. The zero-order valence-electron chi connectivity index (χ0n) is 10.4. The second-order valence-electron chi connectivity index (χ2n) is 4.23. The minimum atomic E-state index is -0.568. The zero-order valence-corrected chi connectivity index (χ0v) is 12.8. The van der Waals surface area contributed by atoms with Crippen LogP contribution in [-0.4, -0.2) is 12.2 Å². The highest BCUT2D eigenvalue weighted by Gasteiger charge is 2.12. The van der Waals surface area contributed by atoms with Gasteiger partial charge in [0.2, 0.25) is 0 Å². The second-order valence-corrected chi connectivity index (χ2v) is 5.52. The molecule has 0 saturated heterocycles. The molecule has 0 fully saturated rings. The number of aliphatic hydroxyl groups excluding tert-OH is 1. The van der Waals surface area contributed by atoms with Gasteiger partial charge < -0.3 is 9.84 Å². The molecule has 0 aliphatic rings. The van der Waals surface area contributed by atoms with Crippen LogP contribution in [0.15, 0.2) is 46.9 Å². The number of rotatable bonds is 4. The molecule has 2 aromatic rings. The van der Waals surface area contributed by atoms with Crippen LogP contribution in [-0.2, 0) is 6.42 Å². The van der Waals surface area contributed by atoms with Crippen molar-refractivity contribution in [1.29, 1.82) is 0 Å². The van der Waals surface area contributed by atoms with Crippen LogP contribution in [0.5, 0.6) is 5.75 Å². The number of ether oxygens (including phenoxy) is 1. The first-order valence-corrected chi connectivity index (χ1v) is 7.03. The molecule has 1 unspecified atom stereocenters. The summed E-state index contributed by atoms with van der Waals surface area (Å²) in [5.41, 5.74) is 1.88. The van der Waals surface area contributed by atoms with Crippen molar-refractivity contribution in [2.45, 2.75) is 12.5 Å². The summed E-state index contributed by atoms with van der Waals surface area (Å²) in [6.07, 6.45) is -0.0243. The summed E-state index contributed by atoms with van der Waals surface area (Å²) in [5.74, 6) is 0.759. The van der Waals surface area contributed by atoms with Crippen molar-refractivity contribution in [3.63, 3.8) is 0 Å². The van der Waals surface area contributed by atoms with Crippen LogP contribution in [0.4, 0.5) is 0 Å². The van der Waals surface area contributed by atoms with Crippen LogP contribution in [0, 0.1) is 0 Å². The van der Waals surface area contributed by atoms with Crippen molar-refractivity contribution in [2.75, 3.05) is 7.11 Å². The molecule has 1 atom stereocenters. The lowest BCUT2D eigenvalue weighted by molar-refractivity contribution is 0.177. The normalized spacial score (nSPS) is 12.2. The van der Waals surface area contributed by atoms with Crippen LogP contribution >= 0.6 is 27.5 Å². The lowest BCUT2D eigenvalue weighted by atomic mass is 10.0. The fourth-order valence-corrected chi connectivity index (χ4v) is 2.61. The maximum atomic E-state index is 10.3. The summed E-state index contributed by atoms with van der Waals surface area (Å²) < 4.78 is 5.98. The molecular formula is C15H14BrClO2. The first-order valence-electron chi connectivity index (χ1n) is 5.86. The van der Waals surface area contributed by atoms with Gasteiger partial charge in [0.15, 0.2) is 0 Å². The van der Waals surface area contributed by atoms with Crippen LogP contribution in [0.1, 0.15) is 17.2 Å². The molecule has 0 aliphatic heterocycles. The van der Waals surface area contributed by atoms with E-state index in [1.807, 2.05) is 42.5 Å². The largest absolute Gasteiger partial charge is 0.497 e. The molecule has 2 aromatic carbocycles. The standard InChI is InChI=1S/C15H14BrClO2/c1-19-12-6-7-13(14(16)9-12)15(18)8-10-2-4-11(17)5-3-10/h2-7,9,15,18H,8H2,1H3. The third-order valence-corrected chi connectivity index (χ3v) is 3.85. The van der Waals surface area contributed by atoms with Crippen LogP contribution in [0.25, 0.3) is 0 Å². The molecule has 2 rings (SSSR count). The Morgan fingerprint density at radius 2 is 1.89 bits per heavy atom. The lowest BCUT2D eigenvalue weighted by Crippen LogP contribution is -2.03. The fourth-order valence-electron chi connectivity index (χ4n) is 1.86. The third-order valence-electron chi connectivity index (χ3n) is 2.91. The van der Waals surface area contributed by atoms with E-state index in [1.165, 1.54) is 0 Å². The van der Waals surface area contributed by atoms with E-state index in [1.54, 1.807) is 7.11 Å². The number of hydrogen-bond acceptors (Lipinski definition) is 2. The Labute approximate surface area is 126 Å². The third kappa shape index (κ3) is 3.72. The monoisotopic (exact) mass is 340 g/mol. The van der Waals surface area contributed by atoms with E-state index in [-0.39, 0.29) is 0 Å². The molecule has 0 heterocycles. The van der Waals surface area contributed by atoms with Crippen molar-refractivity contribution in [1.82, 2.24) is 0 Å². The maximum Gasteiger partial charge on any atom is 0.120 e. The van der Waals surface area contributed by atoms with E-state index in [0.29, 0.717) is 11.4 Å². The Morgan fingerprint density at radius 3 is 2.47 bits per heavy atom. The van der Waals surface area contributed by atoms with Gasteiger partial charge in [0.05, 0.1) is 13.2 Å². The molecule has 0 aromatic heterocycles. The molecule has 1 N–H and O–H groups in total. The minimum absolute atomic E-state index is 0.544. The van der Waals surface area contributed by atoms with Gasteiger partial charge in [-0.25, -0.2) is 0 Å². The number of halogens is 2. The zero-order chi connectivity index (χ0) is 13.8. The topological polar surface area (TPSA) is 29.5 Å². The summed E-state index contributed by atoms with van der Waals surface area (Å²) in [6, 6.07) is 13.0. The molecule has 2 nitrogen and oxygen atoms in total. The Kier molecular flexibility index (Phi) is 4.86. The van der Waals surface area contributed by atoms with Gasteiger partial charge in [0.1, 0.15) is 5.75 Å². The van der Waals surface area contributed by atoms with Gasteiger partial charge in [0, 0.05) is 15.9 Å². The smallest absolute Gasteiger partial charge is 0.120 e. The highest BCUT2D eigenvalue weighted by Crippen LogP contribution is 2.29. The summed E-state index contributed by atoms with van der Waals surface area (Å²) in [7, 11) is 1.62. The molecule has 0 aliphatic carbocycles. The summed E-state index contributed by atoms with van der Waals surface area (Å²) in [5, 5.41) is 11.0. The van der Waals surface area contributed by atoms with E-state index >= 15 is 0 Å². The van der Waals surface area contributed by atoms with Gasteiger partial charge in [0.25, 0.3) is 0 Å². The second kappa shape index (κ2) is 6.42. The molecule has 0 spiro atoms. The number of methoxy groups -OCH3 is 1. The minimum Gasteiger partial charge on any atom is -0.497 e. The molecule has 19 heavy (non-hydrogen) atoms. The first kappa shape index (κ1) is 14.4. The molecule has 4 heteroatoms. The summed E-state index contributed by atoms with van der Waals surface area (Å²) in [4.78, 5) is 0. The highest BCUT2D eigenvalue weighted by molar-refractivity contribution is 9.10. The van der Waals surface area contributed by atoms with Crippen LogP contribution in [0.2, 0.25) is 5.02 Å². The van der Waals surface area contributed by atoms with Gasteiger partial charge in [-0.05, 0) is 35.4 Å². The Balaban J connectivity index is 2.15. The molecule has 100 valence electrons.